The molecule has 49 heavy (non-hydrogen) atoms. The summed E-state index contributed by atoms with van der Waals surface area (Å²) in [4.78, 5) is 12.4. The van der Waals surface area contributed by atoms with Gasteiger partial charge in [-0.2, -0.15) is 0 Å². The molecular weight excluding hydrogens is 735 g/mol. The van der Waals surface area contributed by atoms with Crippen molar-refractivity contribution in [2.75, 3.05) is 27.6 Å². The second kappa shape index (κ2) is 25.0. The van der Waals surface area contributed by atoms with Gasteiger partial charge in [-0.25, -0.2) is 0 Å². The molecule has 0 aromatic heterocycles. The fourth-order valence-electron chi connectivity index (χ4n) is 6.12. The molecule has 2 unspecified atom stereocenters. The number of hydrogen-bond donors (Lipinski definition) is 0. The first-order valence-corrected chi connectivity index (χ1v) is 29.4. The van der Waals surface area contributed by atoms with E-state index in [0.717, 1.165) is 31.4 Å². The van der Waals surface area contributed by atoms with E-state index in [9.17, 15) is 4.79 Å². The first kappa shape index (κ1) is 48.0. The van der Waals surface area contributed by atoms with Crippen molar-refractivity contribution in [3.8, 4) is 11.8 Å². The van der Waals surface area contributed by atoms with E-state index < -0.39 is 44.6 Å². The Morgan fingerprint density at radius 3 is 1.98 bits per heavy atom. The summed E-state index contributed by atoms with van der Waals surface area (Å²) in [5.74, 6) is 6.95. The standard InChI is InChI=1S/C29H49O6Si.3C4H9.Sn/c1-12-13-16-20-29(7,33-23-31-8)22-26(35-27(30)32-9)18-15-14-17-25(24(2)3)19-21-34-36(10,11)28(4,5)6;3*1-3-4-2;/h12,25-26H,2,14,17,19-23H2,1,3-11H3;3*1,3-4H2,2H3;/t13?,25-,26?,29?;;;;/m1..../s1. The number of carbonyl (C=O) groups is 1. The third kappa shape index (κ3) is 18.9. The van der Waals surface area contributed by atoms with Gasteiger partial charge >= 0.3 is 258 Å². The Bertz CT molecular complexity index is 1060. The molecule has 0 aliphatic heterocycles. The topological polar surface area (TPSA) is 63.2 Å². The van der Waals surface area contributed by atoms with Crippen molar-refractivity contribution in [2.24, 2.45) is 5.92 Å². The van der Waals surface area contributed by atoms with Crippen LogP contribution in [0.2, 0.25) is 31.4 Å². The molecular formula is C41H76O6SiSn. The first-order chi connectivity index (χ1) is 23.0. The molecule has 284 valence electrons. The van der Waals surface area contributed by atoms with E-state index in [1.54, 1.807) is 7.11 Å². The van der Waals surface area contributed by atoms with Crippen LogP contribution in [0.25, 0.3) is 0 Å². The third-order valence-electron chi connectivity index (χ3n) is 10.4. The maximum absolute atomic E-state index is 12.4. The monoisotopic (exact) mass is 812 g/mol. The van der Waals surface area contributed by atoms with Crippen LogP contribution >= 0.6 is 0 Å². The molecule has 0 amide bonds. The quantitative estimate of drug-likeness (QED) is 0.0229. The molecule has 0 aliphatic rings. The number of ether oxygens (including phenoxy) is 4. The Labute approximate surface area is 308 Å². The van der Waals surface area contributed by atoms with Crippen molar-refractivity contribution in [1.29, 1.82) is 0 Å². The molecule has 0 N–H and O–H groups in total. The summed E-state index contributed by atoms with van der Waals surface area (Å²) in [6.45, 7) is 29.7. The Balaban J connectivity index is 6.33. The molecule has 0 aromatic carbocycles. The summed E-state index contributed by atoms with van der Waals surface area (Å²) < 4.78 is 34.6. The van der Waals surface area contributed by atoms with Gasteiger partial charge in [-0.05, 0) is 18.1 Å². The maximum atomic E-state index is 12.4. The van der Waals surface area contributed by atoms with Crippen molar-refractivity contribution >= 4 is 32.8 Å². The number of allylic oxidation sites excluding steroid dienone is 1. The first-order valence-electron chi connectivity index (χ1n) is 19.1. The molecule has 0 radical (unpaired) electrons. The van der Waals surface area contributed by atoms with Gasteiger partial charge in [0.1, 0.15) is 0 Å². The number of hydrogen-bond acceptors (Lipinski definition) is 6. The van der Waals surface area contributed by atoms with Crippen LogP contribution in [0.15, 0.2) is 27.5 Å². The zero-order valence-electron chi connectivity index (χ0n) is 34.2. The second-order valence-corrected chi connectivity index (χ2v) is 33.9. The summed E-state index contributed by atoms with van der Waals surface area (Å²) in [6.07, 6.45) is 11.7. The van der Waals surface area contributed by atoms with Gasteiger partial charge in [0.15, 0.2) is 8.32 Å². The van der Waals surface area contributed by atoms with E-state index in [0.29, 0.717) is 18.8 Å². The van der Waals surface area contributed by atoms with E-state index >= 15 is 0 Å². The molecule has 8 heteroatoms. The average Bonchev–Trinajstić information content (AvgIpc) is 3.03. The minimum absolute atomic E-state index is 0.149. The van der Waals surface area contributed by atoms with E-state index in [1.165, 1.54) is 62.5 Å². The van der Waals surface area contributed by atoms with Crippen molar-refractivity contribution < 1.29 is 28.2 Å². The van der Waals surface area contributed by atoms with Crippen molar-refractivity contribution in [3.05, 3.63) is 27.5 Å². The molecule has 0 fully saturated rings. The van der Waals surface area contributed by atoms with Crippen LogP contribution in [0.3, 0.4) is 0 Å². The normalized spacial score (nSPS) is 14.5. The van der Waals surface area contributed by atoms with Crippen molar-refractivity contribution in [3.63, 3.8) is 0 Å². The van der Waals surface area contributed by atoms with Crippen molar-refractivity contribution in [1.82, 2.24) is 0 Å². The molecule has 0 bridgehead atoms. The van der Waals surface area contributed by atoms with Crippen molar-refractivity contribution in [2.45, 2.75) is 176 Å². The van der Waals surface area contributed by atoms with Gasteiger partial charge < -0.3 is 4.43 Å². The number of rotatable bonds is 25. The van der Waals surface area contributed by atoms with Crippen LogP contribution in [0, 0.1) is 17.8 Å². The van der Waals surface area contributed by atoms with Crippen LogP contribution < -0.4 is 0 Å². The summed E-state index contributed by atoms with van der Waals surface area (Å²) >= 11 is -2.85. The molecule has 0 saturated heterocycles. The van der Waals surface area contributed by atoms with Gasteiger partial charge in [-0.15, -0.1) is 0 Å². The number of unbranched alkanes of at least 4 members (excludes halogenated alkanes) is 3. The van der Waals surface area contributed by atoms with Gasteiger partial charge in [0.2, 0.25) is 0 Å². The Kier molecular flexibility index (Phi) is 24.5. The SMILES string of the molecule is C=C(C)[C@H](CCC#CC(CC(C)(C[C](=C=CC)[Sn]([CH2]CCC)([CH2]CCC)[CH2]CCC)OCOC)OC(=O)OC)CCO[Si](C)(C)C(C)(C)C. The number of methoxy groups -OCH3 is 2. The van der Waals surface area contributed by atoms with Gasteiger partial charge in [-0.1, -0.05) is 20.8 Å². The molecule has 6 nitrogen and oxygen atoms in total. The molecule has 3 atom stereocenters. The fraction of sp³-hybridized carbons (Fsp3) is 0.805. The summed E-state index contributed by atoms with van der Waals surface area (Å²) in [7, 11) is 1.18. The van der Waals surface area contributed by atoms with E-state index in [1.807, 2.05) is 0 Å². The zero-order valence-corrected chi connectivity index (χ0v) is 38.1. The predicted molar refractivity (Wildman–Crippen MR) is 213 cm³/mol. The average molecular weight is 812 g/mol. The summed E-state index contributed by atoms with van der Waals surface area (Å²) in [6, 6.07) is 0. The minimum atomic E-state index is -2.85. The van der Waals surface area contributed by atoms with Gasteiger partial charge in [0.25, 0.3) is 0 Å². The molecule has 0 heterocycles. The molecule has 0 rings (SSSR count). The summed E-state index contributed by atoms with van der Waals surface area (Å²) in [5, 5.41) is 0.183. The van der Waals surface area contributed by atoms with Gasteiger partial charge in [0, 0.05) is 0 Å². The van der Waals surface area contributed by atoms with Crippen LogP contribution in [0.4, 0.5) is 4.79 Å². The molecule has 0 aromatic rings. The smallest absolute Gasteiger partial charge is 0.417 e. The fourth-order valence-corrected chi connectivity index (χ4v) is 24.1. The van der Waals surface area contributed by atoms with E-state index in [-0.39, 0.29) is 11.8 Å². The summed E-state index contributed by atoms with van der Waals surface area (Å²) in [5.41, 5.74) is 4.28. The zero-order chi connectivity index (χ0) is 37.6. The Morgan fingerprint density at radius 2 is 1.53 bits per heavy atom. The second-order valence-electron chi connectivity index (χ2n) is 15.7. The Morgan fingerprint density at radius 1 is 0.959 bits per heavy atom. The van der Waals surface area contributed by atoms with E-state index in [4.69, 9.17) is 23.4 Å². The van der Waals surface area contributed by atoms with Crippen LogP contribution in [-0.2, 0) is 23.4 Å². The van der Waals surface area contributed by atoms with Crippen LogP contribution in [-0.4, -0.2) is 72.2 Å². The van der Waals surface area contributed by atoms with E-state index in [2.05, 4.69) is 106 Å². The predicted octanol–water partition coefficient (Wildman–Crippen LogP) is 12.2. The van der Waals surface area contributed by atoms with Gasteiger partial charge in [-0.3, -0.25) is 0 Å². The molecule has 0 saturated carbocycles. The number of carbonyl (C=O) groups excluding carboxylic acids is 1. The van der Waals surface area contributed by atoms with Gasteiger partial charge in [0.05, 0.1) is 0 Å². The third-order valence-corrected chi connectivity index (χ3v) is 30.7. The molecule has 0 spiro atoms. The van der Waals surface area contributed by atoms with Crippen LogP contribution in [0.1, 0.15) is 133 Å². The Hall–Kier alpha value is -1.01. The molecule has 0 aliphatic carbocycles. The minimum Gasteiger partial charge on any atom is -0.417 e. The van der Waals surface area contributed by atoms with Crippen LogP contribution in [0.5, 0.6) is 0 Å².